The monoisotopic (exact) mass is 214 g/mol. The van der Waals surface area contributed by atoms with Gasteiger partial charge in [-0.15, -0.1) is 0 Å². The number of pyridine rings is 1. The first-order valence-electron chi connectivity index (χ1n) is 5.60. The van der Waals surface area contributed by atoms with Crippen LogP contribution in [0.4, 0.5) is 0 Å². The van der Waals surface area contributed by atoms with E-state index in [4.69, 9.17) is 0 Å². The summed E-state index contributed by atoms with van der Waals surface area (Å²) in [5.74, 6) is 0. The standard InChI is InChI=1S/C14H18N2/c1-10-9-12(14(2,3)15-4)11-7-5-6-8-13(11)16-10/h5-9,15H,1-4H3. The zero-order valence-electron chi connectivity index (χ0n) is 10.3. The van der Waals surface area contributed by atoms with Gasteiger partial charge in [-0.05, 0) is 45.5 Å². The normalized spacial score (nSPS) is 12.0. The lowest BCUT2D eigenvalue weighted by Gasteiger charge is -2.26. The van der Waals surface area contributed by atoms with Crippen molar-refractivity contribution < 1.29 is 0 Å². The van der Waals surface area contributed by atoms with Gasteiger partial charge in [-0.1, -0.05) is 18.2 Å². The first kappa shape index (κ1) is 11.1. The number of hydrogen-bond donors (Lipinski definition) is 1. The lowest BCUT2D eigenvalue weighted by atomic mass is 9.91. The van der Waals surface area contributed by atoms with Crippen molar-refractivity contribution in [1.29, 1.82) is 0 Å². The summed E-state index contributed by atoms with van der Waals surface area (Å²) >= 11 is 0. The molecule has 84 valence electrons. The lowest BCUT2D eigenvalue weighted by molar-refractivity contribution is 0.448. The van der Waals surface area contributed by atoms with Gasteiger partial charge in [-0.25, -0.2) is 0 Å². The second-order valence-electron chi connectivity index (χ2n) is 4.70. The number of nitrogens with one attached hydrogen (secondary N) is 1. The van der Waals surface area contributed by atoms with E-state index >= 15 is 0 Å². The molecule has 0 atom stereocenters. The Morgan fingerprint density at radius 2 is 1.88 bits per heavy atom. The zero-order chi connectivity index (χ0) is 11.8. The summed E-state index contributed by atoms with van der Waals surface area (Å²) in [5.41, 5.74) is 3.41. The topological polar surface area (TPSA) is 24.9 Å². The molecule has 2 aromatic rings. The number of hydrogen-bond acceptors (Lipinski definition) is 2. The maximum absolute atomic E-state index is 4.56. The molecule has 0 fully saturated rings. The average Bonchev–Trinajstić information content (AvgIpc) is 2.28. The first-order chi connectivity index (χ1) is 7.54. The van der Waals surface area contributed by atoms with Crippen LogP contribution in [0.15, 0.2) is 30.3 Å². The van der Waals surface area contributed by atoms with Gasteiger partial charge in [-0.3, -0.25) is 4.98 Å². The third-order valence-corrected chi connectivity index (χ3v) is 3.14. The summed E-state index contributed by atoms with van der Waals surface area (Å²) in [6.45, 7) is 6.42. The number of rotatable bonds is 2. The van der Waals surface area contributed by atoms with Crippen LogP contribution in [0.3, 0.4) is 0 Å². The molecule has 0 saturated carbocycles. The molecular formula is C14H18N2. The van der Waals surface area contributed by atoms with Gasteiger partial charge in [0, 0.05) is 16.6 Å². The molecule has 0 bridgehead atoms. The molecular weight excluding hydrogens is 196 g/mol. The van der Waals surface area contributed by atoms with Crippen molar-refractivity contribution in [2.45, 2.75) is 26.3 Å². The molecule has 0 spiro atoms. The van der Waals surface area contributed by atoms with E-state index in [1.807, 2.05) is 20.0 Å². The van der Waals surface area contributed by atoms with E-state index in [9.17, 15) is 0 Å². The Morgan fingerprint density at radius 3 is 2.56 bits per heavy atom. The molecule has 1 aromatic carbocycles. The minimum absolute atomic E-state index is 0.0344. The van der Waals surface area contributed by atoms with Crippen LogP contribution in [0.2, 0.25) is 0 Å². The van der Waals surface area contributed by atoms with Crippen LogP contribution >= 0.6 is 0 Å². The predicted molar refractivity (Wildman–Crippen MR) is 68.6 cm³/mol. The number of para-hydroxylation sites is 1. The highest BCUT2D eigenvalue weighted by Crippen LogP contribution is 2.27. The highest BCUT2D eigenvalue weighted by atomic mass is 14.9. The van der Waals surface area contributed by atoms with Crippen LogP contribution < -0.4 is 5.32 Å². The summed E-state index contributed by atoms with van der Waals surface area (Å²) in [4.78, 5) is 4.56. The van der Waals surface area contributed by atoms with Crippen molar-refractivity contribution in [2.24, 2.45) is 0 Å². The maximum atomic E-state index is 4.56. The Morgan fingerprint density at radius 1 is 1.19 bits per heavy atom. The van der Waals surface area contributed by atoms with Gasteiger partial charge in [0.05, 0.1) is 5.52 Å². The molecule has 1 aromatic heterocycles. The van der Waals surface area contributed by atoms with Crippen molar-refractivity contribution in [2.75, 3.05) is 7.05 Å². The highest BCUT2D eigenvalue weighted by Gasteiger charge is 2.20. The fraction of sp³-hybridized carbons (Fsp3) is 0.357. The van der Waals surface area contributed by atoms with E-state index < -0.39 is 0 Å². The number of aryl methyl sites for hydroxylation is 1. The van der Waals surface area contributed by atoms with E-state index in [1.54, 1.807) is 0 Å². The number of benzene rings is 1. The summed E-state index contributed by atoms with van der Waals surface area (Å²) in [6, 6.07) is 10.5. The van der Waals surface area contributed by atoms with E-state index in [0.29, 0.717) is 0 Å². The molecule has 2 heteroatoms. The number of nitrogens with zero attached hydrogens (tertiary/aromatic N) is 1. The van der Waals surface area contributed by atoms with Crippen molar-refractivity contribution in [1.82, 2.24) is 10.3 Å². The summed E-state index contributed by atoms with van der Waals surface area (Å²) < 4.78 is 0. The Labute approximate surface area is 96.7 Å². The van der Waals surface area contributed by atoms with Gasteiger partial charge in [0.25, 0.3) is 0 Å². The molecule has 1 heterocycles. The van der Waals surface area contributed by atoms with Crippen molar-refractivity contribution >= 4 is 10.9 Å². The molecule has 0 aliphatic carbocycles. The zero-order valence-corrected chi connectivity index (χ0v) is 10.3. The van der Waals surface area contributed by atoms with Crippen molar-refractivity contribution in [3.05, 3.63) is 41.6 Å². The van der Waals surface area contributed by atoms with Crippen LogP contribution in [-0.2, 0) is 5.54 Å². The second kappa shape index (κ2) is 3.87. The third kappa shape index (κ3) is 1.81. The molecule has 0 aliphatic heterocycles. The van der Waals surface area contributed by atoms with Gasteiger partial charge in [0.1, 0.15) is 0 Å². The Hall–Kier alpha value is -1.41. The quantitative estimate of drug-likeness (QED) is 0.831. The SMILES string of the molecule is CNC(C)(C)c1cc(C)nc2ccccc12. The molecule has 0 saturated heterocycles. The fourth-order valence-electron chi connectivity index (χ4n) is 1.96. The minimum Gasteiger partial charge on any atom is -0.311 e. The minimum atomic E-state index is -0.0344. The predicted octanol–water partition coefficient (Wildman–Crippen LogP) is 3.00. The second-order valence-corrected chi connectivity index (χ2v) is 4.70. The summed E-state index contributed by atoms with van der Waals surface area (Å²) in [5, 5.41) is 4.58. The van der Waals surface area contributed by atoms with Crippen molar-refractivity contribution in [3.8, 4) is 0 Å². The molecule has 0 radical (unpaired) electrons. The fourth-order valence-corrected chi connectivity index (χ4v) is 1.96. The first-order valence-corrected chi connectivity index (χ1v) is 5.60. The molecule has 0 aliphatic rings. The summed E-state index contributed by atoms with van der Waals surface area (Å²) in [7, 11) is 1.99. The number of aromatic nitrogens is 1. The molecule has 2 nitrogen and oxygen atoms in total. The van der Waals surface area contributed by atoms with Crippen molar-refractivity contribution in [3.63, 3.8) is 0 Å². The average molecular weight is 214 g/mol. The third-order valence-electron chi connectivity index (χ3n) is 3.14. The maximum Gasteiger partial charge on any atom is 0.0708 e. The van der Waals surface area contributed by atoms with Gasteiger partial charge in [0.15, 0.2) is 0 Å². The lowest BCUT2D eigenvalue weighted by Crippen LogP contribution is -2.33. The van der Waals surface area contributed by atoms with Gasteiger partial charge >= 0.3 is 0 Å². The molecule has 0 amide bonds. The Bertz CT molecular complexity index is 515. The van der Waals surface area contributed by atoms with E-state index in [0.717, 1.165) is 11.2 Å². The van der Waals surface area contributed by atoms with E-state index in [-0.39, 0.29) is 5.54 Å². The van der Waals surface area contributed by atoms with E-state index in [1.165, 1.54) is 10.9 Å². The van der Waals surface area contributed by atoms with Crippen LogP contribution in [0.5, 0.6) is 0 Å². The van der Waals surface area contributed by atoms with Crippen LogP contribution in [0.1, 0.15) is 25.1 Å². The van der Waals surface area contributed by atoms with E-state index in [2.05, 4.69) is 48.4 Å². The number of fused-ring (bicyclic) bond motifs is 1. The highest BCUT2D eigenvalue weighted by molar-refractivity contribution is 5.83. The van der Waals surface area contributed by atoms with Crippen LogP contribution in [0, 0.1) is 6.92 Å². The van der Waals surface area contributed by atoms with Gasteiger partial charge in [0.2, 0.25) is 0 Å². The van der Waals surface area contributed by atoms with Gasteiger partial charge < -0.3 is 5.32 Å². The smallest absolute Gasteiger partial charge is 0.0708 e. The van der Waals surface area contributed by atoms with Crippen LogP contribution in [0.25, 0.3) is 10.9 Å². The molecule has 16 heavy (non-hydrogen) atoms. The Balaban J connectivity index is 2.77. The Kier molecular flexibility index (Phi) is 2.68. The largest absolute Gasteiger partial charge is 0.311 e. The summed E-state index contributed by atoms with van der Waals surface area (Å²) in [6.07, 6.45) is 0. The molecule has 2 rings (SSSR count). The molecule has 0 unspecified atom stereocenters. The molecule has 1 N–H and O–H groups in total. The van der Waals surface area contributed by atoms with Crippen LogP contribution in [-0.4, -0.2) is 12.0 Å². The van der Waals surface area contributed by atoms with Gasteiger partial charge in [-0.2, -0.15) is 0 Å².